The zero-order chi connectivity index (χ0) is 21.7. The van der Waals surface area contributed by atoms with Crippen LogP contribution < -0.4 is 0 Å². The first-order valence-electron chi connectivity index (χ1n) is 11.4. The summed E-state index contributed by atoms with van der Waals surface area (Å²) < 4.78 is 10.7. The van der Waals surface area contributed by atoms with Crippen molar-refractivity contribution in [3.63, 3.8) is 0 Å². The molecule has 2 N–H and O–H groups in total. The van der Waals surface area contributed by atoms with Crippen LogP contribution in [0.5, 0.6) is 0 Å². The fraction of sp³-hybridized carbons (Fsp3) is 0.720. The molecule has 0 bridgehead atoms. The molecule has 2 heterocycles. The van der Waals surface area contributed by atoms with Gasteiger partial charge in [0.05, 0.1) is 6.10 Å². The number of allylic oxidation sites excluding steroid dienone is 2. The Kier molecular flexibility index (Phi) is 5.75. The van der Waals surface area contributed by atoms with Crippen molar-refractivity contribution < 1.29 is 24.5 Å². The highest BCUT2D eigenvalue weighted by atomic mass is 16.7. The van der Waals surface area contributed by atoms with E-state index in [1.807, 2.05) is 6.08 Å². The summed E-state index contributed by atoms with van der Waals surface area (Å²) in [5.41, 5.74) is 4.78. The molecule has 166 valence electrons. The van der Waals surface area contributed by atoms with Gasteiger partial charge in [-0.25, -0.2) is 4.79 Å². The first kappa shape index (κ1) is 21.8. The molecule has 4 aliphatic rings. The molecular weight excluding hydrogens is 380 g/mol. The normalized spacial score (nSPS) is 40.4. The molecule has 0 amide bonds. The quantitative estimate of drug-likeness (QED) is 0.522. The Balaban J connectivity index is 1.52. The third-order valence-corrected chi connectivity index (χ3v) is 8.24. The summed E-state index contributed by atoms with van der Waals surface area (Å²) in [7, 11) is 0. The second-order valence-electron chi connectivity index (χ2n) is 10.5. The average molecular weight is 417 g/mol. The highest BCUT2D eigenvalue weighted by Crippen LogP contribution is 2.60. The molecule has 2 aliphatic heterocycles. The van der Waals surface area contributed by atoms with Crippen molar-refractivity contribution in [1.29, 1.82) is 0 Å². The summed E-state index contributed by atoms with van der Waals surface area (Å²) in [5.74, 6) is 0.156. The van der Waals surface area contributed by atoms with Gasteiger partial charge in [0.25, 0.3) is 0 Å². The van der Waals surface area contributed by atoms with E-state index in [9.17, 15) is 15.0 Å². The monoisotopic (exact) mass is 416 g/mol. The fourth-order valence-corrected chi connectivity index (χ4v) is 6.66. The van der Waals surface area contributed by atoms with Crippen LogP contribution in [0.3, 0.4) is 0 Å². The molecule has 0 unspecified atom stereocenters. The first-order chi connectivity index (χ1) is 14.1. The molecule has 2 aliphatic carbocycles. The van der Waals surface area contributed by atoms with Gasteiger partial charge >= 0.3 is 5.97 Å². The van der Waals surface area contributed by atoms with E-state index in [0.29, 0.717) is 29.7 Å². The van der Waals surface area contributed by atoms with E-state index in [-0.39, 0.29) is 5.41 Å². The van der Waals surface area contributed by atoms with Gasteiger partial charge in [-0.1, -0.05) is 44.4 Å². The number of aliphatic hydroxyl groups is 2. The molecule has 5 atom stereocenters. The minimum absolute atomic E-state index is 0.217. The summed E-state index contributed by atoms with van der Waals surface area (Å²) in [4.78, 5) is 11.6. The SMILES string of the molecule is CC1=C(CC/C2=C/C[C@H](O)C3=CC(=O)O[C@H]3O[C@@H]2O)[C@@]2(C)CCCC(C)(C)[C@H]2CC1. The number of carbonyl (C=O) groups excluding carboxylic acids is 1. The molecule has 0 radical (unpaired) electrons. The van der Waals surface area contributed by atoms with E-state index >= 15 is 0 Å². The lowest BCUT2D eigenvalue weighted by molar-refractivity contribution is -0.198. The maximum Gasteiger partial charge on any atom is 0.333 e. The number of hydrogen-bond acceptors (Lipinski definition) is 5. The van der Waals surface area contributed by atoms with Crippen LogP contribution in [0, 0.1) is 16.7 Å². The lowest BCUT2D eigenvalue weighted by Gasteiger charge is -2.55. The van der Waals surface area contributed by atoms with Gasteiger partial charge in [0.2, 0.25) is 6.29 Å². The second kappa shape index (κ2) is 7.92. The average Bonchev–Trinajstić information content (AvgIpc) is 3.01. The van der Waals surface area contributed by atoms with Gasteiger partial charge < -0.3 is 19.7 Å². The highest BCUT2D eigenvalue weighted by Gasteiger charge is 2.49. The zero-order valence-corrected chi connectivity index (χ0v) is 18.7. The predicted octanol–water partition coefficient (Wildman–Crippen LogP) is 4.54. The van der Waals surface area contributed by atoms with E-state index in [0.717, 1.165) is 18.4 Å². The van der Waals surface area contributed by atoms with Crippen LogP contribution in [0.2, 0.25) is 0 Å². The Hall–Kier alpha value is -1.43. The summed E-state index contributed by atoms with van der Waals surface area (Å²) in [6.07, 6.45) is 8.32. The molecule has 5 heteroatoms. The van der Waals surface area contributed by atoms with Crippen molar-refractivity contribution in [3.8, 4) is 0 Å². The summed E-state index contributed by atoms with van der Waals surface area (Å²) in [6.45, 7) is 9.58. The lowest BCUT2D eigenvalue weighted by atomic mass is 9.50. The molecular formula is C25H36O5. The van der Waals surface area contributed by atoms with Gasteiger partial charge in [0.15, 0.2) is 6.29 Å². The van der Waals surface area contributed by atoms with E-state index in [1.165, 1.54) is 37.3 Å². The maximum absolute atomic E-state index is 11.6. The van der Waals surface area contributed by atoms with Crippen molar-refractivity contribution in [2.24, 2.45) is 16.7 Å². The molecule has 0 saturated heterocycles. The molecule has 0 aromatic carbocycles. The molecule has 30 heavy (non-hydrogen) atoms. The highest BCUT2D eigenvalue weighted by molar-refractivity contribution is 5.85. The van der Waals surface area contributed by atoms with Crippen molar-refractivity contribution >= 4 is 5.97 Å². The predicted molar refractivity (Wildman–Crippen MR) is 114 cm³/mol. The zero-order valence-electron chi connectivity index (χ0n) is 18.7. The van der Waals surface area contributed by atoms with Gasteiger partial charge in [-0.3, -0.25) is 0 Å². The van der Waals surface area contributed by atoms with Crippen molar-refractivity contribution in [2.45, 2.75) is 97.7 Å². The van der Waals surface area contributed by atoms with Gasteiger partial charge in [-0.2, -0.15) is 0 Å². The van der Waals surface area contributed by atoms with Crippen molar-refractivity contribution in [1.82, 2.24) is 0 Å². The van der Waals surface area contributed by atoms with Crippen molar-refractivity contribution in [3.05, 3.63) is 34.4 Å². The molecule has 0 aromatic rings. The first-order valence-corrected chi connectivity index (χ1v) is 11.4. The van der Waals surface area contributed by atoms with Gasteiger partial charge in [-0.05, 0) is 74.2 Å². The molecule has 4 rings (SSSR count). The fourth-order valence-electron chi connectivity index (χ4n) is 6.66. The third-order valence-electron chi connectivity index (χ3n) is 8.24. The summed E-state index contributed by atoms with van der Waals surface area (Å²) in [5, 5.41) is 21.1. The van der Waals surface area contributed by atoms with Crippen LogP contribution >= 0.6 is 0 Å². The lowest BCUT2D eigenvalue weighted by Crippen LogP contribution is -2.45. The standard InChI is InChI=1S/C25H36O5/c1-15-6-11-20-24(2,3)12-5-13-25(20,4)18(15)9-7-16-8-10-19(26)17-14-21(27)29-23(17)30-22(16)28/h8,14,19-20,22-23,26,28H,5-7,9-13H2,1-4H3/b16-8-/t19-,20+,22-,23-,25+/m0/s1. The number of ether oxygens (including phenoxy) is 2. The third kappa shape index (κ3) is 3.80. The second-order valence-corrected chi connectivity index (χ2v) is 10.5. The van der Waals surface area contributed by atoms with Crippen LogP contribution in [0.4, 0.5) is 0 Å². The maximum atomic E-state index is 11.6. The Morgan fingerprint density at radius 3 is 2.70 bits per heavy atom. The minimum Gasteiger partial charge on any atom is -0.428 e. The Morgan fingerprint density at radius 2 is 1.93 bits per heavy atom. The molecule has 0 aromatic heterocycles. The Labute approximate surface area is 179 Å². The van der Waals surface area contributed by atoms with Crippen LogP contribution in [-0.2, 0) is 14.3 Å². The topological polar surface area (TPSA) is 76.0 Å². The number of esters is 1. The van der Waals surface area contributed by atoms with Gasteiger partial charge in [0, 0.05) is 11.6 Å². The smallest absolute Gasteiger partial charge is 0.333 e. The van der Waals surface area contributed by atoms with Crippen LogP contribution in [0.25, 0.3) is 0 Å². The summed E-state index contributed by atoms with van der Waals surface area (Å²) >= 11 is 0. The largest absolute Gasteiger partial charge is 0.428 e. The van der Waals surface area contributed by atoms with Gasteiger partial charge in [-0.15, -0.1) is 0 Å². The number of rotatable bonds is 3. The number of carbonyl (C=O) groups is 1. The Morgan fingerprint density at radius 1 is 1.17 bits per heavy atom. The van der Waals surface area contributed by atoms with Crippen LogP contribution in [-0.4, -0.2) is 34.9 Å². The molecule has 5 nitrogen and oxygen atoms in total. The summed E-state index contributed by atoms with van der Waals surface area (Å²) in [6, 6.07) is 0. The molecule has 1 saturated carbocycles. The molecule has 1 fully saturated rings. The molecule has 0 spiro atoms. The number of hydrogen-bond donors (Lipinski definition) is 2. The van der Waals surface area contributed by atoms with Crippen molar-refractivity contribution in [2.75, 3.05) is 0 Å². The van der Waals surface area contributed by atoms with Gasteiger partial charge in [0.1, 0.15) is 0 Å². The van der Waals surface area contributed by atoms with Crippen LogP contribution in [0.1, 0.15) is 79.1 Å². The Bertz CT molecular complexity index is 804. The minimum atomic E-state index is -1.13. The number of aliphatic hydroxyl groups excluding tert-OH is 2. The van der Waals surface area contributed by atoms with E-state index < -0.39 is 24.7 Å². The van der Waals surface area contributed by atoms with E-state index in [2.05, 4.69) is 27.7 Å². The number of fused-ring (bicyclic) bond motifs is 2. The van der Waals surface area contributed by atoms with E-state index in [4.69, 9.17) is 9.47 Å². The van der Waals surface area contributed by atoms with E-state index in [1.54, 1.807) is 5.57 Å². The van der Waals surface area contributed by atoms with Crippen LogP contribution in [0.15, 0.2) is 34.4 Å².